The highest BCUT2D eigenvalue weighted by molar-refractivity contribution is 14.0. The lowest BCUT2D eigenvalue weighted by molar-refractivity contribution is 0.250. The molecule has 0 unspecified atom stereocenters. The number of halogens is 1. The van der Waals surface area contributed by atoms with Gasteiger partial charge in [-0.3, -0.25) is 0 Å². The second kappa shape index (κ2) is 10.2. The zero-order valence-electron chi connectivity index (χ0n) is 15.7. The van der Waals surface area contributed by atoms with E-state index in [1.165, 1.54) is 25.7 Å². The Bertz CT molecular complexity index is 519. The molecule has 1 N–H and O–H groups in total. The van der Waals surface area contributed by atoms with Gasteiger partial charge >= 0.3 is 0 Å². The van der Waals surface area contributed by atoms with Gasteiger partial charge in [-0.25, -0.2) is 4.99 Å². The molecule has 6 nitrogen and oxygen atoms in total. The summed E-state index contributed by atoms with van der Waals surface area (Å²) in [7, 11) is 4.13. The van der Waals surface area contributed by atoms with Gasteiger partial charge in [0.1, 0.15) is 12.4 Å². The molecule has 0 radical (unpaired) electrons. The molecule has 1 aliphatic rings. The van der Waals surface area contributed by atoms with Crippen LogP contribution in [-0.4, -0.2) is 45.8 Å². The fraction of sp³-hybridized carbons (Fsp3) is 0.824. The molecule has 1 aliphatic carbocycles. The third kappa shape index (κ3) is 5.89. The lowest BCUT2D eigenvalue weighted by atomic mass is 9.83. The Labute approximate surface area is 163 Å². The van der Waals surface area contributed by atoms with Gasteiger partial charge in [-0.05, 0) is 38.5 Å². The van der Waals surface area contributed by atoms with Crippen molar-refractivity contribution in [2.45, 2.75) is 53.0 Å². The Morgan fingerprint density at radius 2 is 1.96 bits per heavy atom. The predicted molar refractivity (Wildman–Crippen MR) is 110 cm³/mol. The van der Waals surface area contributed by atoms with Gasteiger partial charge in [0.25, 0.3) is 0 Å². The first-order valence-corrected chi connectivity index (χ1v) is 8.85. The molecular formula is C17H33IN6. The summed E-state index contributed by atoms with van der Waals surface area (Å²) in [6.45, 7) is 8.96. The minimum atomic E-state index is 0. The summed E-state index contributed by atoms with van der Waals surface area (Å²) in [4.78, 5) is 7.02. The van der Waals surface area contributed by atoms with Crippen LogP contribution >= 0.6 is 24.0 Å². The van der Waals surface area contributed by atoms with E-state index >= 15 is 0 Å². The van der Waals surface area contributed by atoms with Crippen LogP contribution in [0.15, 0.2) is 4.99 Å². The van der Waals surface area contributed by atoms with E-state index in [0.717, 1.165) is 42.5 Å². The monoisotopic (exact) mass is 448 g/mol. The fourth-order valence-corrected chi connectivity index (χ4v) is 3.19. The summed E-state index contributed by atoms with van der Waals surface area (Å²) in [5, 5.41) is 11.7. The molecule has 0 spiro atoms. The van der Waals surface area contributed by atoms with Crippen LogP contribution in [0.25, 0.3) is 0 Å². The SMILES string of the molecule is CCNC(=NCc1nnc(C)n1C)N(C)CC1CCC(C)CC1.I. The van der Waals surface area contributed by atoms with Crippen LogP contribution in [0.1, 0.15) is 51.2 Å². The van der Waals surface area contributed by atoms with Crippen molar-refractivity contribution >= 4 is 29.9 Å². The Morgan fingerprint density at radius 3 is 2.50 bits per heavy atom. The Kier molecular flexibility index (Phi) is 9.01. The molecule has 0 saturated heterocycles. The van der Waals surface area contributed by atoms with Gasteiger partial charge in [0.15, 0.2) is 11.8 Å². The number of aromatic nitrogens is 3. The molecule has 0 aliphatic heterocycles. The average molecular weight is 448 g/mol. The number of nitrogens with one attached hydrogen (secondary N) is 1. The average Bonchev–Trinajstić information content (AvgIpc) is 2.85. The smallest absolute Gasteiger partial charge is 0.194 e. The lowest BCUT2D eigenvalue weighted by Gasteiger charge is -2.31. The van der Waals surface area contributed by atoms with Crippen molar-refractivity contribution in [3.63, 3.8) is 0 Å². The third-order valence-corrected chi connectivity index (χ3v) is 4.92. The highest BCUT2D eigenvalue weighted by Gasteiger charge is 2.20. The maximum Gasteiger partial charge on any atom is 0.194 e. The number of guanidine groups is 1. The number of aryl methyl sites for hydroxylation is 1. The van der Waals surface area contributed by atoms with Gasteiger partial charge in [0.2, 0.25) is 0 Å². The summed E-state index contributed by atoms with van der Waals surface area (Å²) in [5.74, 6) is 4.48. The van der Waals surface area contributed by atoms with Crippen molar-refractivity contribution in [1.29, 1.82) is 0 Å². The van der Waals surface area contributed by atoms with Crippen molar-refractivity contribution in [3.8, 4) is 0 Å². The molecule has 138 valence electrons. The number of rotatable bonds is 5. The maximum absolute atomic E-state index is 4.75. The summed E-state index contributed by atoms with van der Waals surface area (Å²) in [5.41, 5.74) is 0. The Hall–Kier alpha value is -0.860. The molecule has 24 heavy (non-hydrogen) atoms. The van der Waals surface area contributed by atoms with E-state index in [4.69, 9.17) is 4.99 Å². The van der Waals surface area contributed by atoms with Crippen molar-refractivity contribution in [2.24, 2.45) is 23.9 Å². The molecule has 1 fully saturated rings. The molecule has 0 atom stereocenters. The standard InChI is InChI=1S/C17H32N6.HI/c1-6-18-17(19-11-16-21-20-14(3)23(16)5)22(4)12-15-9-7-13(2)8-10-15;/h13,15H,6-12H2,1-5H3,(H,18,19);1H. The Balaban J connectivity index is 0.00000288. The second-order valence-corrected chi connectivity index (χ2v) is 6.90. The molecule has 1 heterocycles. The molecule has 0 bridgehead atoms. The summed E-state index contributed by atoms with van der Waals surface area (Å²) in [6.07, 6.45) is 5.41. The first kappa shape index (κ1) is 21.2. The third-order valence-electron chi connectivity index (χ3n) is 4.92. The minimum Gasteiger partial charge on any atom is -0.357 e. The van der Waals surface area contributed by atoms with Crippen molar-refractivity contribution in [1.82, 2.24) is 25.0 Å². The zero-order valence-corrected chi connectivity index (χ0v) is 18.1. The zero-order chi connectivity index (χ0) is 16.8. The molecule has 7 heteroatoms. The van der Waals surface area contributed by atoms with E-state index in [9.17, 15) is 0 Å². The summed E-state index contributed by atoms with van der Waals surface area (Å²) in [6, 6.07) is 0. The van der Waals surface area contributed by atoms with Crippen LogP contribution in [0, 0.1) is 18.8 Å². The quantitative estimate of drug-likeness (QED) is 0.428. The first-order valence-electron chi connectivity index (χ1n) is 8.85. The normalized spacial score (nSPS) is 21.3. The molecular weight excluding hydrogens is 415 g/mol. The van der Waals surface area contributed by atoms with E-state index in [0.29, 0.717) is 6.54 Å². The van der Waals surface area contributed by atoms with E-state index in [1.807, 2.05) is 18.5 Å². The predicted octanol–water partition coefficient (Wildman–Crippen LogP) is 2.97. The van der Waals surface area contributed by atoms with Crippen LogP contribution in [-0.2, 0) is 13.6 Å². The van der Waals surface area contributed by atoms with Crippen molar-refractivity contribution < 1.29 is 0 Å². The van der Waals surface area contributed by atoms with Gasteiger partial charge in [-0.1, -0.05) is 19.8 Å². The van der Waals surface area contributed by atoms with Crippen LogP contribution in [0.5, 0.6) is 0 Å². The molecule has 1 aromatic rings. The fourth-order valence-electron chi connectivity index (χ4n) is 3.19. The molecule has 2 rings (SSSR count). The highest BCUT2D eigenvalue weighted by Crippen LogP contribution is 2.28. The lowest BCUT2D eigenvalue weighted by Crippen LogP contribution is -2.41. The highest BCUT2D eigenvalue weighted by atomic mass is 127. The van der Waals surface area contributed by atoms with Crippen LogP contribution in [0.3, 0.4) is 0 Å². The van der Waals surface area contributed by atoms with Gasteiger partial charge in [-0.15, -0.1) is 34.2 Å². The van der Waals surface area contributed by atoms with Crippen molar-refractivity contribution in [3.05, 3.63) is 11.6 Å². The van der Waals surface area contributed by atoms with E-state index in [2.05, 4.69) is 41.3 Å². The maximum atomic E-state index is 4.75. The van der Waals surface area contributed by atoms with Gasteiger partial charge in [-0.2, -0.15) is 0 Å². The van der Waals surface area contributed by atoms with E-state index < -0.39 is 0 Å². The first-order chi connectivity index (χ1) is 11.0. The minimum absolute atomic E-state index is 0. The molecule has 1 aromatic heterocycles. The van der Waals surface area contributed by atoms with Gasteiger partial charge in [0, 0.05) is 27.2 Å². The number of nitrogens with zero attached hydrogens (tertiary/aromatic N) is 5. The largest absolute Gasteiger partial charge is 0.357 e. The van der Waals surface area contributed by atoms with E-state index in [-0.39, 0.29) is 24.0 Å². The number of hydrogen-bond donors (Lipinski definition) is 1. The van der Waals surface area contributed by atoms with Gasteiger partial charge < -0.3 is 14.8 Å². The molecule has 0 aromatic carbocycles. The molecule has 0 amide bonds. The molecule has 1 saturated carbocycles. The topological polar surface area (TPSA) is 58.3 Å². The van der Waals surface area contributed by atoms with Crippen LogP contribution in [0.2, 0.25) is 0 Å². The van der Waals surface area contributed by atoms with Crippen LogP contribution in [0.4, 0.5) is 0 Å². The van der Waals surface area contributed by atoms with E-state index in [1.54, 1.807) is 0 Å². The second-order valence-electron chi connectivity index (χ2n) is 6.90. The van der Waals surface area contributed by atoms with Gasteiger partial charge in [0.05, 0.1) is 0 Å². The number of hydrogen-bond acceptors (Lipinski definition) is 3. The van der Waals surface area contributed by atoms with Crippen LogP contribution < -0.4 is 5.32 Å². The van der Waals surface area contributed by atoms with Crippen molar-refractivity contribution in [2.75, 3.05) is 20.1 Å². The Morgan fingerprint density at radius 1 is 1.29 bits per heavy atom. The summed E-state index contributed by atoms with van der Waals surface area (Å²) < 4.78 is 2.00. The summed E-state index contributed by atoms with van der Waals surface area (Å²) >= 11 is 0. The number of aliphatic imine (C=N–C) groups is 1.